The van der Waals surface area contributed by atoms with Crippen molar-refractivity contribution < 1.29 is 29.0 Å². The summed E-state index contributed by atoms with van der Waals surface area (Å²) >= 11 is 0. The average Bonchev–Trinajstić information content (AvgIpc) is 3.38. The number of nitrogens with one attached hydrogen (secondary N) is 2. The maximum atomic E-state index is 12.4. The van der Waals surface area contributed by atoms with Gasteiger partial charge in [-0.2, -0.15) is 0 Å². The first-order valence-electron chi connectivity index (χ1n) is 10.7. The lowest BCUT2D eigenvalue weighted by Crippen LogP contribution is -2.47. The first-order chi connectivity index (χ1) is 15.5. The number of carbonyl (C=O) groups excluding carboxylic acids is 2. The van der Waals surface area contributed by atoms with Gasteiger partial charge >= 0.3 is 12.1 Å². The lowest BCUT2D eigenvalue weighted by molar-refractivity contribution is -0.148. The zero-order valence-electron chi connectivity index (χ0n) is 17.7. The van der Waals surface area contributed by atoms with Crippen molar-refractivity contribution in [3.63, 3.8) is 0 Å². The summed E-state index contributed by atoms with van der Waals surface area (Å²) in [6.07, 6.45) is -1.20. The van der Waals surface area contributed by atoms with Crippen LogP contribution >= 0.6 is 0 Å². The topological polar surface area (TPSA) is 114 Å². The first-order valence-corrected chi connectivity index (χ1v) is 10.7. The van der Waals surface area contributed by atoms with Crippen LogP contribution in [0.25, 0.3) is 11.1 Å². The maximum absolute atomic E-state index is 12.4. The molecule has 32 heavy (non-hydrogen) atoms. The number of benzene rings is 2. The van der Waals surface area contributed by atoms with E-state index < -0.39 is 30.1 Å². The third-order valence-corrected chi connectivity index (χ3v) is 6.01. The standard InChI is InChI=1S/C24H26N2O6/c1-14(22(27)26-20-10-11-31-21(20)23(28)29)12-25-24(30)32-13-19-17-8-4-2-6-15(17)16-7-3-5-9-18(16)19/h2-9,14,19-21H,10-13H2,1H3,(H,25,30)(H,26,27)(H,28,29)/t14?,20-,21+/m0/s1. The molecule has 1 aliphatic carbocycles. The third-order valence-electron chi connectivity index (χ3n) is 6.01. The van der Waals surface area contributed by atoms with Gasteiger partial charge in [-0.1, -0.05) is 55.5 Å². The van der Waals surface area contributed by atoms with E-state index in [2.05, 4.69) is 22.8 Å². The molecule has 1 heterocycles. The van der Waals surface area contributed by atoms with Gasteiger partial charge in [0, 0.05) is 19.1 Å². The molecule has 3 atom stereocenters. The van der Waals surface area contributed by atoms with Crippen LogP contribution in [0.15, 0.2) is 48.5 Å². The number of amides is 2. The summed E-state index contributed by atoms with van der Waals surface area (Å²) < 4.78 is 10.6. The summed E-state index contributed by atoms with van der Waals surface area (Å²) in [6.45, 7) is 2.22. The molecule has 0 aromatic heterocycles. The van der Waals surface area contributed by atoms with Crippen LogP contribution in [-0.4, -0.2) is 55.0 Å². The summed E-state index contributed by atoms with van der Waals surface area (Å²) in [5, 5.41) is 14.5. The fourth-order valence-electron chi connectivity index (χ4n) is 4.28. The van der Waals surface area contributed by atoms with Crippen molar-refractivity contribution in [2.45, 2.75) is 31.4 Å². The number of carbonyl (C=O) groups is 3. The van der Waals surface area contributed by atoms with E-state index in [1.54, 1.807) is 6.92 Å². The zero-order valence-corrected chi connectivity index (χ0v) is 17.7. The van der Waals surface area contributed by atoms with Crippen LogP contribution in [0.3, 0.4) is 0 Å². The highest BCUT2D eigenvalue weighted by atomic mass is 16.5. The van der Waals surface area contributed by atoms with Gasteiger partial charge < -0.3 is 25.2 Å². The Balaban J connectivity index is 1.28. The largest absolute Gasteiger partial charge is 0.479 e. The van der Waals surface area contributed by atoms with Gasteiger partial charge in [0.15, 0.2) is 6.10 Å². The molecule has 2 amide bonds. The molecule has 0 radical (unpaired) electrons. The quantitative estimate of drug-likeness (QED) is 0.612. The van der Waals surface area contributed by atoms with E-state index >= 15 is 0 Å². The number of hydrogen-bond acceptors (Lipinski definition) is 5. The molecule has 2 aromatic rings. The van der Waals surface area contributed by atoms with Crippen molar-refractivity contribution in [1.29, 1.82) is 0 Å². The highest BCUT2D eigenvalue weighted by Gasteiger charge is 2.36. The molecule has 8 nitrogen and oxygen atoms in total. The Bertz CT molecular complexity index is 978. The maximum Gasteiger partial charge on any atom is 0.407 e. The minimum Gasteiger partial charge on any atom is -0.479 e. The molecule has 4 rings (SSSR count). The van der Waals surface area contributed by atoms with Crippen LogP contribution in [0, 0.1) is 5.92 Å². The molecule has 8 heteroatoms. The Morgan fingerprint density at radius 2 is 1.72 bits per heavy atom. The number of hydrogen-bond donors (Lipinski definition) is 3. The SMILES string of the molecule is CC(CNC(=O)OCC1c2ccccc2-c2ccccc21)C(=O)N[C@H]1CCO[C@H]1C(=O)O. The summed E-state index contributed by atoms with van der Waals surface area (Å²) in [7, 11) is 0. The molecule has 1 aliphatic heterocycles. The van der Waals surface area contributed by atoms with Crippen LogP contribution in [0.1, 0.15) is 30.4 Å². The third kappa shape index (κ3) is 4.45. The van der Waals surface area contributed by atoms with Gasteiger partial charge in [0.05, 0.1) is 12.0 Å². The molecular formula is C24H26N2O6. The average molecular weight is 438 g/mol. The number of carboxylic acid groups (broad SMARTS) is 1. The van der Waals surface area contributed by atoms with E-state index in [4.69, 9.17) is 14.6 Å². The fraction of sp³-hybridized carbons (Fsp3) is 0.375. The van der Waals surface area contributed by atoms with Crippen molar-refractivity contribution in [3.05, 3.63) is 59.7 Å². The predicted molar refractivity (Wildman–Crippen MR) is 116 cm³/mol. The smallest absolute Gasteiger partial charge is 0.407 e. The molecule has 2 aromatic carbocycles. The zero-order chi connectivity index (χ0) is 22.7. The molecule has 0 bridgehead atoms. The highest BCUT2D eigenvalue weighted by molar-refractivity contribution is 5.82. The Kier molecular flexibility index (Phi) is 6.41. The number of rotatable bonds is 7. The summed E-state index contributed by atoms with van der Waals surface area (Å²) in [4.78, 5) is 35.8. The van der Waals surface area contributed by atoms with Crippen LogP contribution in [0.2, 0.25) is 0 Å². The normalized spacial score (nSPS) is 20.2. The fourth-order valence-corrected chi connectivity index (χ4v) is 4.28. The molecular weight excluding hydrogens is 412 g/mol. The molecule has 0 spiro atoms. The molecule has 0 saturated carbocycles. The number of alkyl carbamates (subject to hydrolysis) is 1. The second-order valence-corrected chi connectivity index (χ2v) is 8.14. The van der Waals surface area contributed by atoms with Gasteiger partial charge in [-0.05, 0) is 28.7 Å². The van der Waals surface area contributed by atoms with Gasteiger partial charge in [-0.25, -0.2) is 9.59 Å². The van der Waals surface area contributed by atoms with Crippen molar-refractivity contribution in [2.75, 3.05) is 19.8 Å². The second-order valence-electron chi connectivity index (χ2n) is 8.14. The second kappa shape index (κ2) is 9.40. The van der Waals surface area contributed by atoms with E-state index in [0.29, 0.717) is 6.42 Å². The van der Waals surface area contributed by atoms with Crippen molar-refractivity contribution in [1.82, 2.24) is 10.6 Å². The summed E-state index contributed by atoms with van der Waals surface area (Å²) in [5.41, 5.74) is 4.55. The Morgan fingerprint density at radius 3 is 2.34 bits per heavy atom. The first kappa shape index (κ1) is 21.8. The van der Waals surface area contributed by atoms with Gasteiger partial charge in [0.25, 0.3) is 0 Å². The minimum absolute atomic E-state index is 0.0378. The Morgan fingerprint density at radius 1 is 1.09 bits per heavy atom. The van der Waals surface area contributed by atoms with Crippen molar-refractivity contribution >= 4 is 18.0 Å². The van der Waals surface area contributed by atoms with E-state index in [-0.39, 0.29) is 31.6 Å². The van der Waals surface area contributed by atoms with Gasteiger partial charge in [0.1, 0.15) is 6.61 Å². The lowest BCUT2D eigenvalue weighted by Gasteiger charge is -2.20. The summed E-state index contributed by atoms with van der Waals surface area (Å²) in [5.74, 6) is -2.03. The number of carboxylic acids is 1. The van der Waals surface area contributed by atoms with Crippen LogP contribution < -0.4 is 10.6 Å². The van der Waals surface area contributed by atoms with E-state index in [1.807, 2.05) is 36.4 Å². The van der Waals surface area contributed by atoms with E-state index in [1.165, 1.54) is 0 Å². The monoisotopic (exact) mass is 438 g/mol. The summed E-state index contributed by atoms with van der Waals surface area (Å²) in [6, 6.07) is 15.6. The molecule has 1 unspecified atom stereocenters. The van der Waals surface area contributed by atoms with Gasteiger partial charge in [0.2, 0.25) is 5.91 Å². The highest BCUT2D eigenvalue weighted by Crippen LogP contribution is 2.44. The van der Waals surface area contributed by atoms with Crippen LogP contribution in [-0.2, 0) is 19.1 Å². The molecule has 1 fully saturated rings. The number of fused-ring (bicyclic) bond motifs is 3. The lowest BCUT2D eigenvalue weighted by atomic mass is 9.98. The van der Waals surface area contributed by atoms with Gasteiger partial charge in [-0.3, -0.25) is 4.79 Å². The van der Waals surface area contributed by atoms with E-state index in [0.717, 1.165) is 22.3 Å². The van der Waals surface area contributed by atoms with Crippen LogP contribution in [0.4, 0.5) is 4.79 Å². The van der Waals surface area contributed by atoms with Gasteiger partial charge in [-0.15, -0.1) is 0 Å². The Labute approximate surface area is 185 Å². The molecule has 168 valence electrons. The van der Waals surface area contributed by atoms with E-state index in [9.17, 15) is 14.4 Å². The minimum atomic E-state index is -1.10. The number of ether oxygens (including phenoxy) is 2. The molecule has 1 saturated heterocycles. The van der Waals surface area contributed by atoms with Crippen LogP contribution in [0.5, 0.6) is 0 Å². The molecule has 3 N–H and O–H groups in total. The number of aliphatic carboxylic acids is 1. The van der Waals surface area contributed by atoms with Crippen molar-refractivity contribution in [2.24, 2.45) is 5.92 Å². The van der Waals surface area contributed by atoms with Crippen molar-refractivity contribution in [3.8, 4) is 11.1 Å². The molecule has 2 aliphatic rings. The Hall–Kier alpha value is -3.39. The predicted octanol–water partition coefficient (Wildman–Crippen LogP) is 2.52.